The molecule has 0 saturated carbocycles. The van der Waals surface area contributed by atoms with Crippen molar-refractivity contribution in [1.82, 2.24) is 4.98 Å². The van der Waals surface area contributed by atoms with Crippen LogP contribution in [0.3, 0.4) is 0 Å². The Bertz CT molecular complexity index is 716. The van der Waals surface area contributed by atoms with E-state index >= 15 is 0 Å². The SMILES string of the molecule is Cc1cccc(CCc2nc3cccc(N)c3o2)c1. The maximum atomic E-state index is 5.86. The third-order valence-electron chi connectivity index (χ3n) is 3.20. The van der Waals surface area contributed by atoms with E-state index in [4.69, 9.17) is 10.2 Å². The molecule has 0 amide bonds. The topological polar surface area (TPSA) is 52.0 Å². The number of hydrogen-bond donors (Lipinski definition) is 1. The smallest absolute Gasteiger partial charge is 0.195 e. The highest BCUT2D eigenvalue weighted by Crippen LogP contribution is 2.22. The number of fused-ring (bicyclic) bond motifs is 1. The van der Waals surface area contributed by atoms with Crippen molar-refractivity contribution in [1.29, 1.82) is 0 Å². The largest absolute Gasteiger partial charge is 0.439 e. The van der Waals surface area contributed by atoms with Crippen LogP contribution in [0.25, 0.3) is 11.1 Å². The number of aryl methyl sites for hydroxylation is 3. The highest BCUT2D eigenvalue weighted by atomic mass is 16.3. The molecule has 3 nitrogen and oxygen atoms in total. The normalized spacial score (nSPS) is 11.0. The van der Waals surface area contributed by atoms with Gasteiger partial charge in [-0.05, 0) is 31.0 Å². The predicted molar refractivity (Wildman–Crippen MR) is 77.0 cm³/mol. The van der Waals surface area contributed by atoms with Gasteiger partial charge in [0.05, 0.1) is 5.69 Å². The summed E-state index contributed by atoms with van der Waals surface area (Å²) in [7, 11) is 0. The number of hydrogen-bond acceptors (Lipinski definition) is 3. The Hall–Kier alpha value is -2.29. The number of aromatic nitrogens is 1. The lowest BCUT2D eigenvalue weighted by Gasteiger charge is -2.00. The van der Waals surface area contributed by atoms with E-state index in [0.717, 1.165) is 24.2 Å². The van der Waals surface area contributed by atoms with Crippen molar-refractivity contribution < 1.29 is 4.42 Å². The Kier molecular flexibility index (Phi) is 2.95. The Balaban J connectivity index is 1.80. The minimum absolute atomic E-state index is 0.645. The minimum Gasteiger partial charge on any atom is -0.439 e. The van der Waals surface area contributed by atoms with E-state index in [1.54, 1.807) is 0 Å². The Morgan fingerprint density at radius 2 is 1.95 bits per heavy atom. The number of nitrogens with zero attached hydrogens (tertiary/aromatic N) is 1. The highest BCUT2D eigenvalue weighted by Gasteiger charge is 2.08. The van der Waals surface area contributed by atoms with Crippen LogP contribution < -0.4 is 5.73 Å². The zero-order valence-corrected chi connectivity index (χ0v) is 10.9. The van der Waals surface area contributed by atoms with E-state index < -0.39 is 0 Å². The second-order valence-corrected chi connectivity index (χ2v) is 4.79. The summed E-state index contributed by atoms with van der Waals surface area (Å²) in [6.45, 7) is 2.10. The van der Waals surface area contributed by atoms with Gasteiger partial charge in [-0.25, -0.2) is 4.98 Å². The number of oxazole rings is 1. The quantitative estimate of drug-likeness (QED) is 0.726. The van der Waals surface area contributed by atoms with Gasteiger partial charge < -0.3 is 10.2 Å². The second-order valence-electron chi connectivity index (χ2n) is 4.79. The lowest BCUT2D eigenvalue weighted by molar-refractivity contribution is 0.529. The Labute approximate surface area is 112 Å². The minimum atomic E-state index is 0.645. The molecule has 0 aliphatic carbocycles. The summed E-state index contributed by atoms with van der Waals surface area (Å²) in [5, 5.41) is 0. The first-order valence-electron chi connectivity index (χ1n) is 6.42. The summed E-state index contributed by atoms with van der Waals surface area (Å²) < 4.78 is 5.71. The van der Waals surface area contributed by atoms with Crippen molar-refractivity contribution in [2.24, 2.45) is 0 Å². The number of rotatable bonds is 3. The fraction of sp³-hybridized carbons (Fsp3) is 0.188. The molecule has 0 aliphatic heterocycles. The number of nitrogens with two attached hydrogens (primary N) is 1. The molecule has 2 aromatic carbocycles. The average molecular weight is 252 g/mol. The fourth-order valence-corrected chi connectivity index (χ4v) is 2.24. The first-order chi connectivity index (χ1) is 9.22. The summed E-state index contributed by atoms with van der Waals surface area (Å²) >= 11 is 0. The van der Waals surface area contributed by atoms with Gasteiger partial charge in [-0.1, -0.05) is 35.9 Å². The van der Waals surface area contributed by atoms with E-state index in [-0.39, 0.29) is 0 Å². The summed E-state index contributed by atoms with van der Waals surface area (Å²) in [6, 6.07) is 14.1. The summed E-state index contributed by atoms with van der Waals surface area (Å²) in [5.41, 5.74) is 10.6. The number of benzene rings is 2. The molecular weight excluding hydrogens is 236 g/mol. The molecular formula is C16H16N2O. The predicted octanol–water partition coefficient (Wildman–Crippen LogP) is 3.50. The van der Waals surface area contributed by atoms with Gasteiger partial charge in [0.15, 0.2) is 11.5 Å². The van der Waals surface area contributed by atoms with Gasteiger partial charge >= 0.3 is 0 Å². The lowest BCUT2D eigenvalue weighted by atomic mass is 10.1. The molecule has 0 unspecified atom stereocenters. The van der Waals surface area contributed by atoms with Crippen LogP contribution in [0, 0.1) is 6.92 Å². The van der Waals surface area contributed by atoms with E-state index in [2.05, 4.69) is 36.2 Å². The molecule has 19 heavy (non-hydrogen) atoms. The molecule has 0 spiro atoms. The molecule has 2 N–H and O–H groups in total. The van der Waals surface area contributed by atoms with Gasteiger partial charge in [-0.3, -0.25) is 0 Å². The molecule has 3 rings (SSSR count). The molecule has 3 aromatic rings. The van der Waals surface area contributed by atoms with E-state index in [9.17, 15) is 0 Å². The molecule has 0 atom stereocenters. The number of anilines is 1. The van der Waals surface area contributed by atoms with Gasteiger partial charge in [0.2, 0.25) is 0 Å². The van der Waals surface area contributed by atoms with Crippen LogP contribution in [-0.4, -0.2) is 4.98 Å². The highest BCUT2D eigenvalue weighted by molar-refractivity contribution is 5.84. The van der Waals surface area contributed by atoms with Gasteiger partial charge in [0.25, 0.3) is 0 Å². The van der Waals surface area contributed by atoms with Gasteiger partial charge in [0.1, 0.15) is 5.52 Å². The van der Waals surface area contributed by atoms with Crippen LogP contribution in [0.4, 0.5) is 5.69 Å². The third-order valence-corrected chi connectivity index (χ3v) is 3.20. The van der Waals surface area contributed by atoms with Crippen LogP contribution in [0.5, 0.6) is 0 Å². The van der Waals surface area contributed by atoms with Crippen molar-refractivity contribution in [3.8, 4) is 0 Å². The van der Waals surface area contributed by atoms with Crippen LogP contribution >= 0.6 is 0 Å². The molecule has 0 saturated heterocycles. The Morgan fingerprint density at radius 1 is 1.11 bits per heavy atom. The van der Waals surface area contributed by atoms with E-state index in [1.165, 1.54) is 11.1 Å². The van der Waals surface area contributed by atoms with Crippen molar-refractivity contribution in [2.75, 3.05) is 5.73 Å². The van der Waals surface area contributed by atoms with Crippen molar-refractivity contribution >= 4 is 16.8 Å². The summed E-state index contributed by atoms with van der Waals surface area (Å²) in [4.78, 5) is 4.46. The van der Waals surface area contributed by atoms with Crippen LogP contribution in [0.1, 0.15) is 17.0 Å². The molecule has 0 aliphatic rings. The lowest BCUT2D eigenvalue weighted by Crippen LogP contribution is -1.91. The van der Waals surface area contributed by atoms with E-state index in [1.807, 2.05) is 18.2 Å². The van der Waals surface area contributed by atoms with Crippen molar-refractivity contribution in [3.63, 3.8) is 0 Å². The van der Waals surface area contributed by atoms with E-state index in [0.29, 0.717) is 11.3 Å². The maximum absolute atomic E-state index is 5.86. The van der Waals surface area contributed by atoms with Crippen molar-refractivity contribution in [2.45, 2.75) is 19.8 Å². The zero-order valence-electron chi connectivity index (χ0n) is 10.9. The molecule has 0 fully saturated rings. The summed E-state index contributed by atoms with van der Waals surface area (Å²) in [5.74, 6) is 0.745. The monoisotopic (exact) mass is 252 g/mol. The van der Waals surface area contributed by atoms with Gasteiger partial charge in [-0.2, -0.15) is 0 Å². The number of nitrogen functional groups attached to an aromatic ring is 1. The molecule has 1 aromatic heterocycles. The first kappa shape index (κ1) is 11.8. The first-order valence-corrected chi connectivity index (χ1v) is 6.42. The Morgan fingerprint density at radius 3 is 2.74 bits per heavy atom. The summed E-state index contributed by atoms with van der Waals surface area (Å²) in [6.07, 6.45) is 1.71. The van der Waals surface area contributed by atoms with Crippen LogP contribution in [0.2, 0.25) is 0 Å². The molecule has 3 heteroatoms. The average Bonchev–Trinajstić information content (AvgIpc) is 2.81. The standard InChI is InChI=1S/C16H16N2O/c1-11-4-2-5-12(10-11)8-9-15-18-14-7-3-6-13(17)16(14)19-15/h2-7,10H,8-9,17H2,1H3. The second kappa shape index (κ2) is 4.76. The van der Waals surface area contributed by atoms with Gasteiger partial charge in [0, 0.05) is 6.42 Å². The fourth-order valence-electron chi connectivity index (χ4n) is 2.24. The molecule has 0 bridgehead atoms. The molecule has 96 valence electrons. The van der Waals surface area contributed by atoms with Crippen molar-refractivity contribution in [3.05, 3.63) is 59.5 Å². The van der Waals surface area contributed by atoms with Gasteiger partial charge in [-0.15, -0.1) is 0 Å². The van der Waals surface area contributed by atoms with Crippen LogP contribution in [-0.2, 0) is 12.8 Å². The zero-order chi connectivity index (χ0) is 13.2. The molecule has 1 heterocycles. The maximum Gasteiger partial charge on any atom is 0.195 e. The van der Waals surface area contributed by atoms with Crippen LogP contribution in [0.15, 0.2) is 46.9 Å². The molecule has 0 radical (unpaired) electrons. The third kappa shape index (κ3) is 2.45. The number of para-hydroxylation sites is 1.